The van der Waals surface area contributed by atoms with Gasteiger partial charge in [0.25, 0.3) is 11.8 Å². The highest BCUT2D eigenvalue weighted by molar-refractivity contribution is 7.17. The van der Waals surface area contributed by atoms with Gasteiger partial charge >= 0.3 is 0 Å². The second kappa shape index (κ2) is 12.8. The number of carbonyl (C=O) groups excluding carboxylic acids is 2. The lowest BCUT2D eigenvalue weighted by atomic mass is 9.93. The van der Waals surface area contributed by atoms with Crippen LogP contribution in [0.15, 0.2) is 59.0 Å². The van der Waals surface area contributed by atoms with Gasteiger partial charge in [-0.3, -0.25) is 14.9 Å². The zero-order valence-electron chi connectivity index (χ0n) is 25.7. The summed E-state index contributed by atoms with van der Waals surface area (Å²) in [6.45, 7) is 10.9. The number of nitrogens with zero attached hydrogens (tertiary/aromatic N) is 5. The van der Waals surface area contributed by atoms with Crippen molar-refractivity contribution < 1.29 is 19.1 Å². The minimum absolute atomic E-state index is 0.137. The van der Waals surface area contributed by atoms with E-state index in [2.05, 4.69) is 30.2 Å². The number of rotatable bonds is 9. The number of fused-ring (bicyclic) bond motifs is 1. The Morgan fingerprint density at radius 2 is 2.07 bits per heavy atom. The smallest absolute Gasteiger partial charge is 0.268 e. The molecule has 0 aliphatic carbocycles. The zero-order chi connectivity index (χ0) is 31.6. The van der Waals surface area contributed by atoms with Crippen LogP contribution in [0.4, 0.5) is 5.95 Å². The van der Waals surface area contributed by atoms with Gasteiger partial charge in [0.1, 0.15) is 11.6 Å². The van der Waals surface area contributed by atoms with E-state index in [0.29, 0.717) is 47.5 Å². The van der Waals surface area contributed by atoms with Gasteiger partial charge in [-0.15, -0.1) is 11.3 Å². The third-order valence-electron chi connectivity index (χ3n) is 7.54. The maximum atomic E-state index is 13.5. The van der Waals surface area contributed by atoms with Crippen molar-refractivity contribution in [3.05, 3.63) is 65.0 Å². The first-order valence-electron chi connectivity index (χ1n) is 14.9. The van der Waals surface area contributed by atoms with Crippen LogP contribution < -0.4 is 5.32 Å². The summed E-state index contributed by atoms with van der Waals surface area (Å²) in [6.07, 6.45) is 6.21. The first-order valence-corrected chi connectivity index (χ1v) is 15.7. The molecule has 3 aromatic heterocycles. The summed E-state index contributed by atoms with van der Waals surface area (Å²) in [5.74, 6) is 0.642. The van der Waals surface area contributed by atoms with Crippen LogP contribution in [0, 0.1) is 22.7 Å². The number of thiophene rings is 1. The normalized spacial score (nSPS) is 16.5. The number of aromatic nitrogens is 3. The van der Waals surface area contributed by atoms with Gasteiger partial charge in [-0.1, -0.05) is 46.8 Å². The Kier molecular flexibility index (Phi) is 9.04. The lowest BCUT2D eigenvalue weighted by molar-refractivity contribution is -0.127. The molecule has 0 bridgehead atoms. The van der Waals surface area contributed by atoms with Crippen molar-refractivity contribution in [2.24, 2.45) is 11.3 Å². The molecule has 1 unspecified atom stereocenters. The quantitative estimate of drug-likeness (QED) is 0.161. The molecule has 1 fully saturated rings. The number of amides is 2. The molecule has 4 heterocycles. The third kappa shape index (κ3) is 6.93. The van der Waals surface area contributed by atoms with Gasteiger partial charge in [-0.25, -0.2) is 9.97 Å². The topological polar surface area (TPSA) is 137 Å². The number of imidazole rings is 1. The van der Waals surface area contributed by atoms with Crippen LogP contribution in [0.3, 0.4) is 0 Å². The molecule has 5 rings (SSSR count). The maximum absolute atomic E-state index is 13.5. The molecular weight excluding hydrogens is 576 g/mol. The molecule has 0 saturated carbocycles. The van der Waals surface area contributed by atoms with Gasteiger partial charge in [0.15, 0.2) is 12.2 Å². The first kappa shape index (κ1) is 31.2. The summed E-state index contributed by atoms with van der Waals surface area (Å²) in [7, 11) is 0. The van der Waals surface area contributed by atoms with Gasteiger partial charge < -0.3 is 19.0 Å². The molecule has 0 radical (unpaired) electrons. The molecule has 230 valence electrons. The minimum atomic E-state index is -0.634. The molecule has 2 amide bonds. The Labute approximate surface area is 261 Å². The molecule has 1 aliphatic heterocycles. The maximum Gasteiger partial charge on any atom is 0.268 e. The Bertz CT molecular complexity index is 1720. The van der Waals surface area contributed by atoms with Crippen LogP contribution in [0.1, 0.15) is 75.2 Å². The first-order chi connectivity index (χ1) is 20.9. The van der Waals surface area contributed by atoms with E-state index in [1.165, 1.54) is 17.7 Å². The number of nitrogens with one attached hydrogen (secondary N) is 1. The zero-order valence-corrected chi connectivity index (χ0v) is 26.5. The van der Waals surface area contributed by atoms with E-state index in [9.17, 15) is 20.0 Å². The Balaban J connectivity index is 1.48. The van der Waals surface area contributed by atoms with Crippen molar-refractivity contribution >= 4 is 40.1 Å². The van der Waals surface area contributed by atoms with E-state index in [4.69, 9.17) is 9.40 Å². The SMILES string of the molecule is CC(C)CC(O)c1ccc2c(c1)nc(NC(=O)c1ccc(-c3cnco3)s1)n2C[C@H]1CCCN1C(=O)/C(C#N)=C/C(C)(C)C. The van der Waals surface area contributed by atoms with Crippen molar-refractivity contribution in [3.63, 3.8) is 0 Å². The highest BCUT2D eigenvalue weighted by atomic mass is 32.1. The van der Waals surface area contributed by atoms with Gasteiger partial charge in [0.2, 0.25) is 5.95 Å². The van der Waals surface area contributed by atoms with E-state index in [0.717, 1.165) is 28.8 Å². The number of hydrogen-bond acceptors (Lipinski definition) is 8. The molecule has 1 aromatic carbocycles. The number of nitriles is 1. The Hall–Kier alpha value is -4.27. The number of oxazole rings is 1. The standard InChI is InChI=1S/C33H38N6O4S/c1-20(2)13-26(40)21-8-9-25-24(14-21)36-32(37-30(41)29-11-10-28(44-29)27-17-35-19-43-27)39(25)18-23-7-6-12-38(23)31(42)22(16-34)15-33(3,4)5/h8-11,14-15,17,19-20,23,26,40H,6-7,12-13,18H2,1-5H3,(H,36,37,41)/b22-15+/t23-,26?/m1/s1. The predicted molar refractivity (Wildman–Crippen MR) is 170 cm³/mol. The highest BCUT2D eigenvalue weighted by Gasteiger charge is 2.33. The fourth-order valence-corrected chi connectivity index (χ4v) is 6.40. The third-order valence-corrected chi connectivity index (χ3v) is 8.64. The number of anilines is 1. The molecule has 1 aliphatic rings. The van der Waals surface area contributed by atoms with E-state index >= 15 is 0 Å². The van der Waals surface area contributed by atoms with Gasteiger partial charge in [0.05, 0.1) is 39.1 Å². The lowest BCUT2D eigenvalue weighted by Gasteiger charge is -2.26. The number of benzene rings is 1. The van der Waals surface area contributed by atoms with Crippen molar-refractivity contribution in [2.45, 2.75) is 72.6 Å². The number of aliphatic hydroxyl groups excluding tert-OH is 1. The fourth-order valence-electron chi connectivity index (χ4n) is 5.54. The van der Waals surface area contributed by atoms with Crippen LogP contribution in [-0.4, -0.2) is 48.9 Å². The molecule has 44 heavy (non-hydrogen) atoms. The molecule has 4 aromatic rings. The Morgan fingerprint density at radius 3 is 2.75 bits per heavy atom. The van der Waals surface area contributed by atoms with Crippen molar-refractivity contribution in [2.75, 3.05) is 11.9 Å². The van der Waals surface area contributed by atoms with Crippen LogP contribution in [-0.2, 0) is 11.3 Å². The average molecular weight is 615 g/mol. The molecule has 0 spiro atoms. The van der Waals surface area contributed by atoms with E-state index in [1.807, 2.05) is 49.6 Å². The molecule has 11 heteroatoms. The summed E-state index contributed by atoms with van der Waals surface area (Å²) in [4.78, 5) is 38.7. The molecule has 10 nitrogen and oxygen atoms in total. The highest BCUT2D eigenvalue weighted by Crippen LogP contribution is 2.32. The number of carbonyl (C=O) groups is 2. The number of aliphatic hydroxyl groups is 1. The van der Waals surface area contributed by atoms with Crippen molar-refractivity contribution in [3.8, 4) is 16.7 Å². The second-order valence-electron chi connectivity index (χ2n) is 12.8. The molecule has 2 atom stereocenters. The van der Waals surface area contributed by atoms with Crippen LogP contribution in [0.25, 0.3) is 21.7 Å². The average Bonchev–Trinajstić information content (AvgIpc) is 3.77. The Morgan fingerprint density at radius 1 is 1.27 bits per heavy atom. The van der Waals surface area contributed by atoms with E-state index in [1.54, 1.807) is 23.2 Å². The second-order valence-corrected chi connectivity index (χ2v) is 13.8. The summed E-state index contributed by atoms with van der Waals surface area (Å²) in [5.41, 5.74) is 1.99. The number of hydrogen-bond donors (Lipinski definition) is 2. The van der Waals surface area contributed by atoms with Crippen molar-refractivity contribution in [1.82, 2.24) is 19.4 Å². The fraction of sp³-hybridized carbons (Fsp3) is 0.424. The van der Waals surface area contributed by atoms with Gasteiger partial charge in [0, 0.05) is 13.1 Å². The summed E-state index contributed by atoms with van der Waals surface area (Å²) in [5, 5.41) is 23.6. The number of likely N-dealkylation sites (tertiary alicyclic amines) is 1. The molecule has 2 N–H and O–H groups in total. The summed E-state index contributed by atoms with van der Waals surface area (Å²) >= 11 is 1.28. The largest absolute Gasteiger partial charge is 0.443 e. The van der Waals surface area contributed by atoms with E-state index < -0.39 is 6.10 Å². The summed E-state index contributed by atoms with van der Waals surface area (Å²) in [6, 6.07) is 11.1. The van der Waals surface area contributed by atoms with Crippen molar-refractivity contribution in [1.29, 1.82) is 5.26 Å². The van der Waals surface area contributed by atoms with Gasteiger partial charge in [-0.05, 0) is 60.4 Å². The van der Waals surface area contributed by atoms with Crippen LogP contribution in [0.2, 0.25) is 0 Å². The summed E-state index contributed by atoms with van der Waals surface area (Å²) < 4.78 is 7.30. The molecular formula is C33H38N6O4S. The predicted octanol–water partition coefficient (Wildman–Crippen LogP) is 6.57. The molecule has 1 saturated heterocycles. The minimum Gasteiger partial charge on any atom is -0.443 e. The lowest BCUT2D eigenvalue weighted by Crippen LogP contribution is -2.39. The van der Waals surface area contributed by atoms with Gasteiger partial charge in [-0.2, -0.15) is 5.26 Å². The van der Waals surface area contributed by atoms with E-state index in [-0.39, 0.29) is 28.8 Å². The van der Waals surface area contributed by atoms with Crippen LogP contribution >= 0.6 is 11.3 Å². The number of allylic oxidation sites excluding steroid dienone is 1. The van der Waals surface area contributed by atoms with Crippen LogP contribution in [0.5, 0.6) is 0 Å². The monoisotopic (exact) mass is 614 g/mol.